The van der Waals surface area contributed by atoms with Crippen molar-refractivity contribution in [3.63, 3.8) is 0 Å². The van der Waals surface area contributed by atoms with Crippen molar-refractivity contribution in [2.45, 2.75) is 4.90 Å². The minimum Gasteiger partial charge on any atom is -0.497 e. The first-order chi connectivity index (χ1) is 13.9. The molecule has 0 radical (unpaired) electrons. The van der Waals surface area contributed by atoms with E-state index in [0.717, 1.165) is 0 Å². The molecule has 0 atom stereocenters. The minimum absolute atomic E-state index is 0.0696. The van der Waals surface area contributed by atoms with Crippen LogP contribution in [0.1, 0.15) is 10.4 Å². The van der Waals surface area contributed by atoms with Crippen LogP contribution in [0, 0.1) is 0 Å². The summed E-state index contributed by atoms with van der Waals surface area (Å²) in [5.74, 6) is 0.433. The highest BCUT2D eigenvalue weighted by molar-refractivity contribution is 9.10. The average molecular weight is 485 g/mol. The Morgan fingerprint density at radius 3 is 2.48 bits per heavy atom. The van der Waals surface area contributed by atoms with Gasteiger partial charge in [0.05, 0.1) is 43.6 Å². The highest BCUT2D eigenvalue weighted by Gasteiger charge is 2.27. The Labute approximate surface area is 177 Å². The highest BCUT2D eigenvalue weighted by Crippen LogP contribution is 2.31. The van der Waals surface area contributed by atoms with Gasteiger partial charge in [-0.25, -0.2) is 8.42 Å². The van der Waals surface area contributed by atoms with Gasteiger partial charge in [-0.05, 0) is 52.3 Å². The second kappa shape index (κ2) is 9.12. The molecule has 0 aliphatic carbocycles. The van der Waals surface area contributed by atoms with Crippen LogP contribution < -0.4 is 14.8 Å². The Balaban J connectivity index is 1.93. The zero-order valence-electron chi connectivity index (χ0n) is 16.0. The molecule has 1 heterocycles. The van der Waals surface area contributed by atoms with E-state index in [1.807, 2.05) is 0 Å². The lowest BCUT2D eigenvalue weighted by Gasteiger charge is -2.26. The first kappa shape index (κ1) is 21.6. The largest absolute Gasteiger partial charge is 0.497 e. The third-order valence-electron chi connectivity index (χ3n) is 4.45. The second-order valence-electron chi connectivity index (χ2n) is 6.18. The summed E-state index contributed by atoms with van der Waals surface area (Å²) in [6, 6.07) is 9.38. The molecule has 0 bridgehead atoms. The number of methoxy groups -OCH3 is 2. The van der Waals surface area contributed by atoms with Crippen molar-refractivity contribution in [3.05, 3.63) is 46.4 Å². The quantitative estimate of drug-likeness (QED) is 0.677. The molecule has 0 spiro atoms. The van der Waals surface area contributed by atoms with E-state index >= 15 is 0 Å². The smallest absolute Gasteiger partial charge is 0.257 e. The molecule has 156 valence electrons. The van der Waals surface area contributed by atoms with Gasteiger partial charge in [0.1, 0.15) is 11.5 Å². The summed E-state index contributed by atoms with van der Waals surface area (Å²) in [5, 5.41) is 2.73. The summed E-state index contributed by atoms with van der Waals surface area (Å²) >= 11 is 3.35. The molecule has 1 aliphatic rings. The second-order valence-corrected chi connectivity index (χ2v) is 8.97. The predicted molar refractivity (Wildman–Crippen MR) is 111 cm³/mol. The molecule has 29 heavy (non-hydrogen) atoms. The molecular formula is C19H21BrN2O6S. The Morgan fingerprint density at radius 1 is 1.10 bits per heavy atom. The maximum Gasteiger partial charge on any atom is 0.257 e. The molecule has 0 saturated carbocycles. The Hall–Kier alpha value is -2.14. The molecule has 8 nitrogen and oxygen atoms in total. The van der Waals surface area contributed by atoms with Crippen molar-refractivity contribution >= 4 is 37.5 Å². The van der Waals surface area contributed by atoms with Gasteiger partial charge in [0.2, 0.25) is 10.0 Å². The normalized spacial score (nSPS) is 15.0. The summed E-state index contributed by atoms with van der Waals surface area (Å²) in [4.78, 5) is 12.9. The van der Waals surface area contributed by atoms with Gasteiger partial charge in [0, 0.05) is 17.6 Å². The molecule has 1 aliphatic heterocycles. The van der Waals surface area contributed by atoms with Gasteiger partial charge in [-0.2, -0.15) is 4.31 Å². The number of nitrogens with one attached hydrogen (secondary N) is 1. The zero-order valence-corrected chi connectivity index (χ0v) is 18.4. The van der Waals surface area contributed by atoms with Gasteiger partial charge in [0.25, 0.3) is 5.91 Å². The van der Waals surface area contributed by atoms with E-state index in [-0.39, 0.29) is 23.7 Å². The van der Waals surface area contributed by atoms with Crippen LogP contribution in [0.4, 0.5) is 5.69 Å². The fourth-order valence-corrected chi connectivity index (χ4v) is 4.74. The van der Waals surface area contributed by atoms with Gasteiger partial charge in [0.15, 0.2) is 0 Å². The maximum absolute atomic E-state index is 12.9. The van der Waals surface area contributed by atoms with Crippen LogP contribution in [-0.2, 0) is 14.8 Å². The highest BCUT2D eigenvalue weighted by atomic mass is 79.9. The number of halogens is 1. The first-order valence-corrected chi connectivity index (χ1v) is 11.0. The third-order valence-corrected chi connectivity index (χ3v) is 7.03. The maximum atomic E-state index is 12.9. The van der Waals surface area contributed by atoms with Gasteiger partial charge in [-0.3, -0.25) is 4.79 Å². The fraction of sp³-hybridized carbons (Fsp3) is 0.316. The molecule has 10 heteroatoms. The number of ether oxygens (including phenoxy) is 3. The number of nitrogens with zero attached hydrogens (tertiary/aromatic N) is 1. The first-order valence-electron chi connectivity index (χ1n) is 8.77. The van der Waals surface area contributed by atoms with Crippen LogP contribution >= 0.6 is 15.9 Å². The fourth-order valence-electron chi connectivity index (χ4n) is 2.88. The molecule has 1 fully saturated rings. The molecule has 2 aromatic rings. The molecule has 1 N–H and O–H groups in total. The van der Waals surface area contributed by atoms with E-state index in [1.165, 1.54) is 36.7 Å². The van der Waals surface area contributed by atoms with Crippen LogP contribution in [-0.4, -0.2) is 59.2 Å². The van der Waals surface area contributed by atoms with Crippen LogP contribution in [0.25, 0.3) is 0 Å². The van der Waals surface area contributed by atoms with E-state index in [2.05, 4.69) is 21.2 Å². The number of rotatable bonds is 6. The third kappa shape index (κ3) is 4.72. The topological polar surface area (TPSA) is 94.2 Å². The minimum atomic E-state index is -3.71. The number of sulfonamides is 1. The number of hydrogen-bond acceptors (Lipinski definition) is 6. The van der Waals surface area contributed by atoms with Crippen molar-refractivity contribution in [3.8, 4) is 11.5 Å². The van der Waals surface area contributed by atoms with Gasteiger partial charge < -0.3 is 19.5 Å². The summed E-state index contributed by atoms with van der Waals surface area (Å²) in [6.07, 6.45) is 0. The van der Waals surface area contributed by atoms with E-state index < -0.39 is 15.9 Å². The molecule has 1 amide bonds. The van der Waals surface area contributed by atoms with Crippen LogP contribution in [0.5, 0.6) is 11.5 Å². The van der Waals surface area contributed by atoms with Crippen LogP contribution in [0.3, 0.4) is 0 Å². The molecule has 2 aromatic carbocycles. The summed E-state index contributed by atoms with van der Waals surface area (Å²) in [6.45, 7) is 1.27. The molecule has 0 aromatic heterocycles. The number of carbonyl (C=O) groups is 1. The van der Waals surface area contributed by atoms with Crippen LogP contribution in [0.15, 0.2) is 45.8 Å². The number of hydrogen-bond donors (Lipinski definition) is 1. The summed E-state index contributed by atoms with van der Waals surface area (Å²) in [7, 11) is -0.757. The molecule has 0 unspecified atom stereocenters. The Bertz CT molecular complexity index is 1010. The number of morpholine rings is 1. The molecule has 1 saturated heterocycles. The number of carbonyl (C=O) groups excluding carboxylic acids is 1. The SMILES string of the molecule is COc1ccc(Br)c(C(=O)Nc2cc(S(=O)(=O)N3CCOCC3)ccc2OC)c1. The number of amides is 1. The average Bonchev–Trinajstić information content (AvgIpc) is 2.74. The number of benzene rings is 2. The van der Waals surface area contributed by atoms with Crippen molar-refractivity contribution in [1.29, 1.82) is 0 Å². The molecular weight excluding hydrogens is 464 g/mol. The molecule has 3 rings (SSSR count). The number of anilines is 1. The van der Waals surface area contributed by atoms with Gasteiger partial charge >= 0.3 is 0 Å². The zero-order chi connectivity index (χ0) is 21.0. The summed E-state index contributed by atoms with van der Waals surface area (Å²) in [5.41, 5.74) is 0.592. The standard InChI is InChI=1S/C19H21BrN2O6S/c1-26-13-3-5-16(20)15(11-13)19(23)21-17-12-14(4-6-18(17)27-2)29(24,25)22-7-9-28-10-8-22/h3-6,11-12H,7-10H2,1-2H3,(H,21,23). The van der Waals surface area contributed by atoms with E-state index in [4.69, 9.17) is 14.2 Å². The summed E-state index contributed by atoms with van der Waals surface area (Å²) < 4.78 is 43.5. The Morgan fingerprint density at radius 2 is 1.83 bits per heavy atom. The predicted octanol–water partition coefficient (Wildman–Crippen LogP) is 2.74. The van der Waals surface area contributed by atoms with Crippen molar-refractivity contribution in [1.82, 2.24) is 4.31 Å². The monoisotopic (exact) mass is 484 g/mol. The van der Waals surface area contributed by atoms with Crippen molar-refractivity contribution in [2.24, 2.45) is 0 Å². The Kier molecular flexibility index (Phi) is 6.78. The van der Waals surface area contributed by atoms with Gasteiger partial charge in [-0.1, -0.05) is 0 Å². The van der Waals surface area contributed by atoms with E-state index in [1.54, 1.807) is 18.2 Å². The lowest BCUT2D eigenvalue weighted by molar-refractivity contribution is 0.0730. The van der Waals surface area contributed by atoms with Crippen molar-refractivity contribution < 1.29 is 27.4 Å². The lowest BCUT2D eigenvalue weighted by Crippen LogP contribution is -2.40. The van der Waals surface area contributed by atoms with E-state index in [9.17, 15) is 13.2 Å². The van der Waals surface area contributed by atoms with Crippen LogP contribution in [0.2, 0.25) is 0 Å². The lowest BCUT2D eigenvalue weighted by atomic mass is 10.2. The van der Waals surface area contributed by atoms with Gasteiger partial charge in [-0.15, -0.1) is 0 Å². The van der Waals surface area contributed by atoms with Crippen molar-refractivity contribution in [2.75, 3.05) is 45.8 Å². The van der Waals surface area contributed by atoms with E-state index in [0.29, 0.717) is 34.7 Å².